The van der Waals surface area contributed by atoms with E-state index in [0.717, 1.165) is 24.7 Å². The van der Waals surface area contributed by atoms with Gasteiger partial charge in [-0.15, -0.1) is 24.0 Å². The molecule has 0 unspecified atom stereocenters. The van der Waals surface area contributed by atoms with E-state index < -0.39 is 0 Å². The molecular weight excluding hydrogens is 385 g/mol. The fourth-order valence-electron chi connectivity index (χ4n) is 1.71. The van der Waals surface area contributed by atoms with E-state index in [1.54, 1.807) is 20.2 Å². The highest BCUT2D eigenvalue weighted by atomic mass is 127. The van der Waals surface area contributed by atoms with Crippen LogP contribution in [0.25, 0.3) is 0 Å². The van der Waals surface area contributed by atoms with Crippen LogP contribution < -0.4 is 10.6 Å². The number of aryl methyl sites for hydroxylation is 1. The second-order valence-corrected chi connectivity index (χ2v) is 4.24. The SMILES string of the molecule is CN=C(NCCc1ccco1)NCCc1nc(C)no1.I. The molecule has 2 N–H and O–H groups in total. The Balaban J connectivity index is 0.00000220. The predicted octanol–water partition coefficient (Wildman–Crippen LogP) is 1.54. The molecule has 0 bridgehead atoms. The molecule has 2 aromatic heterocycles. The van der Waals surface area contributed by atoms with Crippen LogP contribution in [0, 0.1) is 6.92 Å². The van der Waals surface area contributed by atoms with Crippen molar-refractivity contribution in [3.8, 4) is 0 Å². The number of furan rings is 1. The van der Waals surface area contributed by atoms with Crippen molar-refractivity contribution in [1.82, 2.24) is 20.8 Å². The molecule has 0 saturated carbocycles. The van der Waals surface area contributed by atoms with Gasteiger partial charge in [0.05, 0.1) is 6.26 Å². The molecule has 2 heterocycles. The maximum absolute atomic E-state index is 5.26. The maximum atomic E-state index is 5.26. The van der Waals surface area contributed by atoms with Crippen LogP contribution in [0.1, 0.15) is 17.5 Å². The monoisotopic (exact) mass is 405 g/mol. The molecule has 0 aromatic carbocycles. The Morgan fingerprint density at radius 2 is 2.05 bits per heavy atom. The summed E-state index contributed by atoms with van der Waals surface area (Å²) in [5.74, 6) is 2.98. The van der Waals surface area contributed by atoms with E-state index in [4.69, 9.17) is 8.94 Å². The second kappa shape index (κ2) is 9.37. The molecule has 0 radical (unpaired) electrons. The first kappa shape index (κ1) is 17.5. The fraction of sp³-hybridized carbons (Fsp3) is 0.462. The molecule has 0 spiro atoms. The third-order valence-electron chi connectivity index (χ3n) is 2.67. The zero-order valence-corrected chi connectivity index (χ0v) is 14.5. The average molecular weight is 405 g/mol. The summed E-state index contributed by atoms with van der Waals surface area (Å²) in [6.07, 6.45) is 3.16. The minimum absolute atomic E-state index is 0. The molecule has 0 aliphatic heterocycles. The lowest BCUT2D eigenvalue weighted by Gasteiger charge is -2.10. The molecule has 0 fully saturated rings. The summed E-state index contributed by atoms with van der Waals surface area (Å²) < 4.78 is 10.3. The molecule has 21 heavy (non-hydrogen) atoms. The van der Waals surface area contributed by atoms with Crippen molar-refractivity contribution in [2.24, 2.45) is 4.99 Å². The molecule has 8 heteroatoms. The van der Waals surface area contributed by atoms with Crippen LogP contribution >= 0.6 is 24.0 Å². The highest BCUT2D eigenvalue weighted by Gasteiger charge is 2.03. The van der Waals surface area contributed by atoms with Gasteiger partial charge in [0.15, 0.2) is 11.8 Å². The summed E-state index contributed by atoms with van der Waals surface area (Å²) in [5.41, 5.74) is 0. The zero-order chi connectivity index (χ0) is 14.2. The molecule has 2 rings (SSSR count). The molecule has 7 nitrogen and oxygen atoms in total. The smallest absolute Gasteiger partial charge is 0.228 e. The quantitative estimate of drug-likeness (QED) is 0.431. The third kappa shape index (κ3) is 6.15. The number of halogens is 1. The molecule has 2 aromatic rings. The standard InChI is InChI=1S/C13H19N5O2.HI/c1-10-17-12(20-18-10)6-8-16-13(14-2)15-7-5-11-4-3-9-19-11;/h3-4,9H,5-8H2,1-2H3,(H2,14,15,16);1H. The Labute approximate surface area is 140 Å². The van der Waals surface area contributed by atoms with E-state index in [-0.39, 0.29) is 24.0 Å². The molecule has 116 valence electrons. The third-order valence-corrected chi connectivity index (χ3v) is 2.67. The highest BCUT2D eigenvalue weighted by Crippen LogP contribution is 1.99. The van der Waals surface area contributed by atoms with Crippen LogP contribution in [0.3, 0.4) is 0 Å². The lowest BCUT2D eigenvalue weighted by atomic mass is 10.3. The number of hydrogen-bond donors (Lipinski definition) is 2. The van der Waals surface area contributed by atoms with Crippen molar-refractivity contribution in [1.29, 1.82) is 0 Å². The van der Waals surface area contributed by atoms with Crippen molar-refractivity contribution in [3.05, 3.63) is 35.9 Å². The van der Waals surface area contributed by atoms with Gasteiger partial charge in [-0.2, -0.15) is 4.98 Å². The van der Waals surface area contributed by atoms with Gasteiger partial charge in [-0.05, 0) is 19.1 Å². The van der Waals surface area contributed by atoms with Crippen molar-refractivity contribution in [2.45, 2.75) is 19.8 Å². The average Bonchev–Trinajstić information content (AvgIpc) is 3.09. The lowest BCUT2D eigenvalue weighted by molar-refractivity contribution is 0.374. The number of nitrogens with one attached hydrogen (secondary N) is 2. The Kier molecular flexibility index (Phi) is 7.80. The lowest BCUT2D eigenvalue weighted by Crippen LogP contribution is -2.39. The summed E-state index contributed by atoms with van der Waals surface area (Å²) in [6, 6.07) is 3.84. The van der Waals surface area contributed by atoms with E-state index in [1.165, 1.54) is 0 Å². The van der Waals surface area contributed by atoms with Crippen molar-refractivity contribution < 1.29 is 8.94 Å². The first-order valence-electron chi connectivity index (χ1n) is 6.54. The molecule has 0 aliphatic carbocycles. The van der Waals surface area contributed by atoms with Gasteiger partial charge in [0.1, 0.15) is 5.76 Å². The minimum atomic E-state index is 0. The van der Waals surface area contributed by atoms with Crippen LogP contribution in [0.2, 0.25) is 0 Å². The summed E-state index contributed by atoms with van der Waals surface area (Å²) in [6.45, 7) is 3.24. The minimum Gasteiger partial charge on any atom is -0.469 e. The molecule has 0 atom stereocenters. The summed E-state index contributed by atoms with van der Waals surface area (Å²) in [5, 5.41) is 10.1. The highest BCUT2D eigenvalue weighted by molar-refractivity contribution is 14.0. The van der Waals surface area contributed by atoms with E-state index >= 15 is 0 Å². The number of aliphatic imine (C=N–C) groups is 1. The van der Waals surface area contributed by atoms with Crippen LogP contribution in [0.15, 0.2) is 32.3 Å². The van der Waals surface area contributed by atoms with Crippen molar-refractivity contribution >= 4 is 29.9 Å². The molecule has 0 saturated heterocycles. The zero-order valence-electron chi connectivity index (χ0n) is 12.1. The van der Waals surface area contributed by atoms with Gasteiger partial charge in [0.2, 0.25) is 5.89 Å². The number of aromatic nitrogens is 2. The van der Waals surface area contributed by atoms with Gasteiger partial charge in [-0.25, -0.2) is 0 Å². The van der Waals surface area contributed by atoms with Gasteiger partial charge >= 0.3 is 0 Å². The Morgan fingerprint density at radius 1 is 1.29 bits per heavy atom. The first-order valence-corrected chi connectivity index (χ1v) is 6.54. The van der Waals surface area contributed by atoms with Gasteiger partial charge < -0.3 is 19.6 Å². The van der Waals surface area contributed by atoms with Gasteiger partial charge in [0, 0.05) is 33.0 Å². The van der Waals surface area contributed by atoms with E-state index in [2.05, 4.69) is 25.8 Å². The van der Waals surface area contributed by atoms with Crippen LogP contribution in [0.4, 0.5) is 0 Å². The molecular formula is C13H20IN5O2. The number of guanidine groups is 1. The van der Waals surface area contributed by atoms with Crippen molar-refractivity contribution in [2.75, 3.05) is 20.1 Å². The van der Waals surface area contributed by atoms with Crippen LogP contribution in [0.5, 0.6) is 0 Å². The predicted molar refractivity (Wildman–Crippen MR) is 89.9 cm³/mol. The Hall–Kier alpha value is -1.58. The maximum Gasteiger partial charge on any atom is 0.228 e. The van der Waals surface area contributed by atoms with E-state index in [0.29, 0.717) is 24.7 Å². The second-order valence-electron chi connectivity index (χ2n) is 4.24. The van der Waals surface area contributed by atoms with Gasteiger partial charge in [-0.1, -0.05) is 5.16 Å². The van der Waals surface area contributed by atoms with E-state index in [1.807, 2.05) is 12.1 Å². The first-order chi connectivity index (χ1) is 9.78. The number of nitrogens with zero attached hydrogens (tertiary/aromatic N) is 3. The normalized spacial score (nSPS) is 11.0. The van der Waals surface area contributed by atoms with E-state index in [9.17, 15) is 0 Å². The van der Waals surface area contributed by atoms with Crippen LogP contribution in [-0.4, -0.2) is 36.2 Å². The fourth-order valence-corrected chi connectivity index (χ4v) is 1.71. The Bertz CT molecular complexity index is 539. The largest absolute Gasteiger partial charge is 0.469 e. The Morgan fingerprint density at radius 3 is 2.62 bits per heavy atom. The summed E-state index contributed by atoms with van der Waals surface area (Å²) >= 11 is 0. The topological polar surface area (TPSA) is 88.5 Å². The summed E-state index contributed by atoms with van der Waals surface area (Å²) in [4.78, 5) is 8.28. The molecule has 0 amide bonds. The number of rotatable bonds is 6. The number of hydrogen-bond acceptors (Lipinski definition) is 5. The van der Waals surface area contributed by atoms with Gasteiger partial charge in [0.25, 0.3) is 0 Å². The van der Waals surface area contributed by atoms with Gasteiger partial charge in [-0.3, -0.25) is 4.99 Å². The van der Waals surface area contributed by atoms with Crippen LogP contribution in [-0.2, 0) is 12.8 Å². The molecule has 0 aliphatic rings. The van der Waals surface area contributed by atoms with Crippen molar-refractivity contribution in [3.63, 3.8) is 0 Å². The summed E-state index contributed by atoms with van der Waals surface area (Å²) in [7, 11) is 1.74.